The van der Waals surface area contributed by atoms with Gasteiger partial charge in [0.15, 0.2) is 0 Å². The van der Waals surface area contributed by atoms with E-state index in [-0.39, 0.29) is 34.4 Å². The summed E-state index contributed by atoms with van der Waals surface area (Å²) in [4.78, 5) is 23.0. The molecule has 6 nitrogen and oxygen atoms in total. The Bertz CT molecular complexity index is 708. The van der Waals surface area contributed by atoms with E-state index in [0.29, 0.717) is 0 Å². The second-order valence-corrected chi connectivity index (χ2v) is 7.41. The van der Waals surface area contributed by atoms with Crippen LogP contribution >= 0.6 is 0 Å². The average molecular weight is 311 g/mol. The Hall–Kier alpha value is -1.89. The van der Waals surface area contributed by atoms with Gasteiger partial charge < -0.3 is 5.11 Å². The quantitative estimate of drug-likeness (QED) is 0.915. The smallest absolute Gasteiger partial charge is 0.335 e. The summed E-state index contributed by atoms with van der Waals surface area (Å²) in [5.41, 5.74) is -0.111. The molecule has 2 rings (SSSR count). The lowest BCUT2D eigenvalue weighted by Crippen LogP contribution is -2.35. The lowest BCUT2D eigenvalue weighted by Gasteiger charge is -2.22. The van der Waals surface area contributed by atoms with Gasteiger partial charge in [0.05, 0.1) is 11.1 Å². The number of hydrogen-bond donors (Lipinski definition) is 1. The molecule has 21 heavy (non-hydrogen) atoms. The Morgan fingerprint density at radius 3 is 2.43 bits per heavy atom. The third-order valence-corrected chi connectivity index (χ3v) is 5.63. The van der Waals surface area contributed by atoms with Gasteiger partial charge in [0.25, 0.3) is 15.9 Å². The van der Waals surface area contributed by atoms with Crippen LogP contribution in [0, 0.1) is 11.8 Å². The van der Waals surface area contributed by atoms with Crippen LogP contribution in [0.1, 0.15) is 41.5 Å². The molecule has 1 heterocycles. The lowest BCUT2D eigenvalue weighted by molar-refractivity contribution is 0.0695. The number of carbonyl (C=O) groups excluding carboxylic acids is 1. The topological polar surface area (TPSA) is 91.8 Å². The second kappa shape index (κ2) is 5.14. The van der Waals surface area contributed by atoms with Gasteiger partial charge in [-0.25, -0.2) is 17.5 Å². The maximum atomic E-state index is 12.4. The highest BCUT2D eigenvalue weighted by Crippen LogP contribution is 2.32. The minimum atomic E-state index is -3.96. The molecule has 1 aromatic carbocycles. The Labute approximate surface area is 123 Å². The number of rotatable bonds is 4. The van der Waals surface area contributed by atoms with Crippen molar-refractivity contribution in [1.29, 1.82) is 0 Å². The summed E-state index contributed by atoms with van der Waals surface area (Å²) in [5, 5.41) is 8.94. The zero-order valence-corrected chi connectivity index (χ0v) is 12.8. The molecule has 114 valence electrons. The summed E-state index contributed by atoms with van der Waals surface area (Å²) in [6.07, 6.45) is 0. The van der Waals surface area contributed by atoms with Crippen LogP contribution in [0.4, 0.5) is 0 Å². The molecular weight excluding hydrogens is 294 g/mol. The number of carboxylic acid groups (broad SMARTS) is 1. The summed E-state index contributed by atoms with van der Waals surface area (Å²) < 4.78 is 25.7. The molecule has 1 atom stereocenters. The molecule has 0 bridgehead atoms. The fourth-order valence-corrected chi connectivity index (χ4v) is 3.76. The van der Waals surface area contributed by atoms with E-state index in [2.05, 4.69) is 0 Å². The number of fused-ring (bicyclic) bond motifs is 1. The SMILES string of the molecule is CC(C)C(C)CN1C(=O)c2ccc(C(=O)O)cc2S1(=O)=O. The second-order valence-electron chi connectivity index (χ2n) is 5.58. The van der Waals surface area contributed by atoms with Gasteiger partial charge in [0.1, 0.15) is 4.90 Å². The number of nitrogens with zero attached hydrogens (tertiary/aromatic N) is 1. The summed E-state index contributed by atoms with van der Waals surface area (Å²) in [7, 11) is -3.96. The first-order valence-electron chi connectivity index (χ1n) is 6.60. The molecule has 0 saturated carbocycles. The van der Waals surface area contributed by atoms with Gasteiger partial charge in [0, 0.05) is 6.54 Å². The van der Waals surface area contributed by atoms with Crippen molar-refractivity contribution in [2.75, 3.05) is 6.54 Å². The van der Waals surface area contributed by atoms with Gasteiger partial charge in [-0.2, -0.15) is 0 Å². The van der Waals surface area contributed by atoms with Crippen LogP contribution in [0.25, 0.3) is 0 Å². The first-order chi connectivity index (χ1) is 9.66. The maximum Gasteiger partial charge on any atom is 0.335 e. The Morgan fingerprint density at radius 2 is 1.90 bits per heavy atom. The van der Waals surface area contributed by atoms with E-state index in [1.807, 2.05) is 20.8 Å². The molecule has 0 spiro atoms. The molecule has 1 unspecified atom stereocenters. The largest absolute Gasteiger partial charge is 0.478 e. The van der Waals surface area contributed by atoms with Gasteiger partial charge in [0.2, 0.25) is 0 Å². The van der Waals surface area contributed by atoms with Crippen LogP contribution in [0.3, 0.4) is 0 Å². The predicted molar refractivity (Wildman–Crippen MR) is 75.6 cm³/mol. The molecular formula is C14H17NO5S. The van der Waals surface area contributed by atoms with E-state index in [0.717, 1.165) is 10.4 Å². The lowest BCUT2D eigenvalue weighted by atomic mass is 9.98. The summed E-state index contributed by atoms with van der Waals surface area (Å²) in [5.74, 6) is -1.58. The number of benzene rings is 1. The fraction of sp³-hybridized carbons (Fsp3) is 0.429. The van der Waals surface area contributed by atoms with Crippen LogP contribution < -0.4 is 0 Å². The van der Waals surface area contributed by atoms with Gasteiger partial charge in [-0.3, -0.25) is 4.79 Å². The minimum absolute atomic E-state index is 0.0111. The molecule has 1 N–H and O–H groups in total. The maximum absolute atomic E-state index is 12.4. The van der Waals surface area contributed by atoms with Gasteiger partial charge in [-0.1, -0.05) is 20.8 Å². The summed E-state index contributed by atoms with van der Waals surface area (Å²) >= 11 is 0. The number of hydrogen-bond acceptors (Lipinski definition) is 4. The highest BCUT2D eigenvalue weighted by atomic mass is 32.2. The minimum Gasteiger partial charge on any atom is -0.478 e. The number of amides is 1. The van der Waals surface area contributed by atoms with E-state index in [4.69, 9.17) is 5.11 Å². The van der Waals surface area contributed by atoms with E-state index >= 15 is 0 Å². The van der Waals surface area contributed by atoms with Crippen molar-refractivity contribution in [3.8, 4) is 0 Å². The van der Waals surface area contributed by atoms with Crippen molar-refractivity contribution < 1.29 is 23.1 Å². The molecule has 0 saturated heterocycles. The van der Waals surface area contributed by atoms with Gasteiger partial charge in [-0.05, 0) is 30.0 Å². The van der Waals surface area contributed by atoms with Crippen molar-refractivity contribution >= 4 is 21.9 Å². The molecule has 1 aromatic rings. The van der Waals surface area contributed by atoms with Crippen molar-refractivity contribution in [3.05, 3.63) is 29.3 Å². The van der Waals surface area contributed by atoms with Crippen LogP contribution in [-0.2, 0) is 10.0 Å². The van der Waals surface area contributed by atoms with Crippen LogP contribution in [0.15, 0.2) is 23.1 Å². The molecule has 1 aliphatic rings. The van der Waals surface area contributed by atoms with E-state index in [9.17, 15) is 18.0 Å². The van der Waals surface area contributed by atoms with Crippen LogP contribution in [0.2, 0.25) is 0 Å². The van der Waals surface area contributed by atoms with Crippen LogP contribution in [0.5, 0.6) is 0 Å². The molecule has 0 radical (unpaired) electrons. The molecule has 0 fully saturated rings. The number of aromatic carboxylic acids is 1. The van der Waals surface area contributed by atoms with Crippen molar-refractivity contribution in [2.45, 2.75) is 25.7 Å². The third kappa shape index (κ3) is 2.53. The molecule has 1 aliphatic heterocycles. The summed E-state index contributed by atoms with van der Waals surface area (Å²) in [6, 6.07) is 3.55. The molecule has 7 heteroatoms. The molecule has 1 amide bonds. The van der Waals surface area contributed by atoms with Crippen LogP contribution in [-0.4, -0.2) is 36.3 Å². The first-order valence-corrected chi connectivity index (χ1v) is 8.04. The monoisotopic (exact) mass is 311 g/mol. The number of carboxylic acids is 1. The highest BCUT2D eigenvalue weighted by molar-refractivity contribution is 7.90. The highest BCUT2D eigenvalue weighted by Gasteiger charge is 2.42. The normalized spacial score (nSPS) is 17.9. The standard InChI is InChI=1S/C14H17NO5S/c1-8(2)9(3)7-15-13(16)11-5-4-10(14(17)18)6-12(11)21(15,19)20/h4-6,8-9H,7H2,1-3H3,(H,17,18). The number of carbonyl (C=O) groups is 2. The first kappa shape index (κ1) is 15.5. The molecule has 0 aliphatic carbocycles. The predicted octanol–water partition coefficient (Wildman–Crippen LogP) is 1.82. The van der Waals surface area contributed by atoms with Gasteiger partial charge in [-0.15, -0.1) is 0 Å². The third-order valence-electron chi connectivity index (χ3n) is 3.85. The van der Waals surface area contributed by atoms with Crippen molar-refractivity contribution in [1.82, 2.24) is 4.31 Å². The fourth-order valence-electron chi connectivity index (χ4n) is 2.06. The zero-order valence-electron chi connectivity index (χ0n) is 12.0. The zero-order chi connectivity index (χ0) is 15.9. The van der Waals surface area contributed by atoms with Crippen molar-refractivity contribution in [2.24, 2.45) is 11.8 Å². The van der Waals surface area contributed by atoms with E-state index < -0.39 is 21.9 Å². The van der Waals surface area contributed by atoms with E-state index in [1.54, 1.807) is 0 Å². The summed E-state index contributed by atoms with van der Waals surface area (Å²) in [6.45, 7) is 5.87. The van der Waals surface area contributed by atoms with E-state index in [1.165, 1.54) is 12.1 Å². The van der Waals surface area contributed by atoms with Gasteiger partial charge >= 0.3 is 5.97 Å². The average Bonchev–Trinajstić information content (AvgIpc) is 2.59. The molecule has 0 aromatic heterocycles. The Balaban J connectivity index is 2.47. The van der Waals surface area contributed by atoms with Crippen molar-refractivity contribution in [3.63, 3.8) is 0 Å². The Morgan fingerprint density at radius 1 is 1.29 bits per heavy atom. The Kier molecular flexibility index (Phi) is 3.79. The number of sulfonamides is 1.